The summed E-state index contributed by atoms with van der Waals surface area (Å²) < 4.78 is 0. The number of nitrogens with zero attached hydrogens (tertiary/aromatic N) is 1. The summed E-state index contributed by atoms with van der Waals surface area (Å²) in [5.41, 5.74) is 0. The van der Waals surface area contributed by atoms with Crippen molar-refractivity contribution in [2.45, 2.75) is 18.9 Å². The fourth-order valence-corrected chi connectivity index (χ4v) is 2.56. The number of nitrogens with one attached hydrogen (secondary N) is 1. The van der Waals surface area contributed by atoms with Crippen LogP contribution in [0.1, 0.15) is 12.8 Å². The summed E-state index contributed by atoms with van der Waals surface area (Å²) in [4.78, 5) is 13.6. The van der Waals surface area contributed by atoms with Gasteiger partial charge in [0.1, 0.15) is 0 Å². The minimum atomic E-state index is 0.0347. The SMILES string of the molecule is CNC1CCN(CCSCCCO)C1=O. The highest BCUT2D eigenvalue weighted by molar-refractivity contribution is 7.99. The van der Waals surface area contributed by atoms with Crippen LogP contribution < -0.4 is 5.32 Å². The monoisotopic (exact) mass is 232 g/mol. The van der Waals surface area contributed by atoms with Crippen molar-refractivity contribution < 1.29 is 9.90 Å². The van der Waals surface area contributed by atoms with E-state index in [-0.39, 0.29) is 18.6 Å². The summed E-state index contributed by atoms with van der Waals surface area (Å²) in [6.07, 6.45) is 1.77. The van der Waals surface area contributed by atoms with Gasteiger partial charge in [-0.1, -0.05) is 0 Å². The van der Waals surface area contributed by atoms with Gasteiger partial charge in [-0.3, -0.25) is 4.79 Å². The highest BCUT2D eigenvalue weighted by atomic mass is 32.2. The van der Waals surface area contributed by atoms with E-state index in [1.54, 1.807) is 11.8 Å². The van der Waals surface area contributed by atoms with Crippen molar-refractivity contribution >= 4 is 17.7 Å². The van der Waals surface area contributed by atoms with Crippen molar-refractivity contribution in [3.63, 3.8) is 0 Å². The Morgan fingerprint density at radius 1 is 1.60 bits per heavy atom. The van der Waals surface area contributed by atoms with Crippen LogP contribution in [-0.4, -0.2) is 60.2 Å². The van der Waals surface area contributed by atoms with E-state index < -0.39 is 0 Å². The predicted octanol–water partition coefficient (Wildman–Crippen LogP) is -0.0777. The fraction of sp³-hybridized carbons (Fsp3) is 0.900. The van der Waals surface area contributed by atoms with Crippen LogP contribution in [0.15, 0.2) is 0 Å². The molecular formula is C10H20N2O2S. The zero-order valence-electron chi connectivity index (χ0n) is 9.24. The van der Waals surface area contributed by atoms with E-state index >= 15 is 0 Å². The minimum absolute atomic E-state index is 0.0347. The van der Waals surface area contributed by atoms with Crippen LogP contribution in [0, 0.1) is 0 Å². The number of hydrogen-bond acceptors (Lipinski definition) is 4. The van der Waals surface area contributed by atoms with Gasteiger partial charge >= 0.3 is 0 Å². The van der Waals surface area contributed by atoms with Crippen molar-refractivity contribution in [3.05, 3.63) is 0 Å². The van der Waals surface area contributed by atoms with Crippen LogP contribution in [-0.2, 0) is 4.79 Å². The van der Waals surface area contributed by atoms with Gasteiger partial charge in [-0.2, -0.15) is 11.8 Å². The van der Waals surface area contributed by atoms with Gasteiger partial charge in [0.05, 0.1) is 6.04 Å². The molecule has 1 amide bonds. The van der Waals surface area contributed by atoms with Crippen LogP contribution in [0.2, 0.25) is 0 Å². The third kappa shape index (κ3) is 4.01. The molecule has 0 bridgehead atoms. The Morgan fingerprint density at radius 2 is 2.40 bits per heavy atom. The molecule has 2 N–H and O–H groups in total. The molecule has 0 radical (unpaired) electrons. The van der Waals surface area contributed by atoms with Gasteiger partial charge < -0.3 is 15.3 Å². The minimum Gasteiger partial charge on any atom is -0.396 e. The topological polar surface area (TPSA) is 52.6 Å². The number of aliphatic hydroxyl groups excluding tert-OH is 1. The predicted molar refractivity (Wildman–Crippen MR) is 63.1 cm³/mol. The number of carbonyl (C=O) groups excluding carboxylic acids is 1. The molecule has 5 heteroatoms. The van der Waals surface area contributed by atoms with Gasteiger partial charge in [0.2, 0.25) is 5.91 Å². The number of thioether (sulfide) groups is 1. The molecule has 1 unspecified atom stereocenters. The Morgan fingerprint density at radius 3 is 3.00 bits per heavy atom. The summed E-state index contributed by atoms with van der Waals surface area (Å²) in [6.45, 7) is 1.98. The average molecular weight is 232 g/mol. The van der Waals surface area contributed by atoms with E-state index in [0.29, 0.717) is 0 Å². The van der Waals surface area contributed by atoms with Crippen molar-refractivity contribution in [2.75, 3.05) is 38.2 Å². The largest absolute Gasteiger partial charge is 0.396 e. The van der Waals surface area contributed by atoms with Gasteiger partial charge in [0.25, 0.3) is 0 Å². The van der Waals surface area contributed by atoms with Crippen LogP contribution in [0.25, 0.3) is 0 Å². The van der Waals surface area contributed by atoms with Crippen molar-refractivity contribution in [2.24, 2.45) is 0 Å². The lowest BCUT2D eigenvalue weighted by molar-refractivity contribution is -0.129. The quantitative estimate of drug-likeness (QED) is 0.603. The molecule has 1 heterocycles. The van der Waals surface area contributed by atoms with Crippen LogP contribution >= 0.6 is 11.8 Å². The summed E-state index contributed by atoms with van der Waals surface area (Å²) >= 11 is 1.80. The first-order valence-electron chi connectivity index (χ1n) is 5.44. The third-order valence-electron chi connectivity index (χ3n) is 2.60. The normalized spacial score (nSPS) is 21.3. The van der Waals surface area contributed by atoms with E-state index in [0.717, 1.165) is 37.4 Å². The molecule has 0 aromatic heterocycles. The second kappa shape index (κ2) is 7.09. The Kier molecular flexibility index (Phi) is 6.05. The van der Waals surface area contributed by atoms with Crippen molar-refractivity contribution in [1.29, 1.82) is 0 Å². The molecule has 0 aromatic carbocycles. The van der Waals surface area contributed by atoms with Gasteiger partial charge in [-0.25, -0.2) is 0 Å². The fourth-order valence-electron chi connectivity index (χ4n) is 1.67. The molecule has 1 atom stereocenters. The maximum absolute atomic E-state index is 11.7. The van der Waals surface area contributed by atoms with E-state index in [9.17, 15) is 4.79 Å². The maximum Gasteiger partial charge on any atom is 0.239 e. The molecule has 4 nitrogen and oxygen atoms in total. The van der Waals surface area contributed by atoms with Crippen LogP contribution in [0.3, 0.4) is 0 Å². The molecule has 1 fully saturated rings. The Hall–Kier alpha value is -0.260. The number of likely N-dealkylation sites (N-methyl/N-ethyl adjacent to an activating group) is 1. The Bertz CT molecular complexity index is 202. The van der Waals surface area contributed by atoms with E-state index in [4.69, 9.17) is 5.11 Å². The molecule has 1 saturated heterocycles. The smallest absolute Gasteiger partial charge is 0.239 e. The van der Waals surface area contributed by atoms with Crippen LogP contribution in [0.5, 0.6) is 0 Å². The average Bonchev–Trinajstić information content (AvgIpc) is 2.60. The van der Waals surface area contributed by atoms with E-state index in [2.05, 4.69) is 5.32 Å². The lowest BCUT2D eigenvalue weighted by Crippen LogP contribution is -2.37. The van der Waals surface area contributed by atoms with Crippen molar-refractivity contribution in [1.82, 2.24) is 10.2 Å². The number of aliphatic hydroxyl groups is 1. The summed E-state index contributed by atoms with van der Waals surface area (Å²) in [5.74, 6) is 2.19. The number of hydrogen-bond donors (Lipinski definition) is 2. The molecule has 1 aliphatic rings. The summed E-state index contributed by atoms with van der Waals surface area (Å²) in [5, 5.41) is 11.6. The lowest BCUT2D eigenvalue weighted by atomic mass is 10.3. The first kappa shape index (κ1) is 12.8. The maximum atomic E-state index is 11.7. The number of rotatable bonds is 7. The van der Waals surface area contributed by atoms with Crippen molar-refractivity contribution in [3.8, 4) is 0 Å². The van der Waals surface area contributed by atoms with Crippen LogP contribution in [0.4, 0.5) is 0 Å². The molecule has 0 aromatic rings. The first-order chi connectivity index (χ1) is 7.29. The lowest BCUT2D eigenvalue weighted by Gasteiger charge is -2.15. The molecular weight excluding hydrogens is 212 g/mol. The number of likely N-dealkylation sites (tertiary alicyclic amines) is 1. The Labute approximate surface area is 95.4 Å². The standard InChI is InChI=1S/C10H20N2O2S/c1-11-9-3-4-12(10(9)14)5-8-15-7-2-6-13/h9,11,13H,2-8H2,1H3. The van der Waals surface area contributed by atoms with Gasteiger partial charge in [0, 0.05) is 25.4 Å². The zero-order chi connectivity index (χ0) is 11.1. The number of carbonyl (C=O) groups is 1. The second-order valence-corrected chi connectivity index (χ2v) is 4.87. The molecule has 0 spiro atoms. The molecule has 15 heavy (non-hydrogen) atoms. The molecule has 0 aliphatic carbocycles. The summed E-state index contributed by atoms with van der Waals surface area (Å²) in [7, 11) is 1.84. The molecule has 1 aliphatic heterocycles. The van der Waals surface area contributed by atoms with Gasteiger partial charge in [-0.15, -0.1) is 0 Å². The van der Waals surface area contributed by atoms with E-state index in [1.165, 1.54) is 0 Å². The van der Waals surface area contributed by atoms with E-state index in [1.807, 2.05) is 11.9 Å². The number of amides is 1. The third-order valence-corrected chi connectivity index (χ3v) is 3.65. The highest BCUT2D eigenvalue weighted by Crippen LogP contribution is 2.12. The second-order valence-electron chi connectivity index (χ2n) is 3.64. The first-order valence-corrected chi connectivity index (χ1v) is 6.59. The molecule has 1 rings (SSSR count). The zero-order valence-corrected chi connectivity index (χ0v) is 10.1. The van der Waals surface area contributed by atoms with Gasteiger partial charge in [0.15, 0.2) is 0 Å². The molecule has 0 saturated carbocycles. The highest BCUT2D eigenvalue weighted by Gasteiger charge is 2.29. The summed E-state index contributed by atoms with van der Waals surface area (Å²) in [6, 6.07) is 0.0347. The molecule has 88 valence electrons. The Balaban J connectivity index is 2.09. The van der Waals surface area contributed by atoms with Gasteiger partial charge in [-0.05, 0) is 25.6 Å².